The molecular formula is C21H22N2O2S. The third kappa shape index (κ3) is 4.55. The number of oxazole rings is 1. The molecule has 3 aromatic rings. The van der Waals surface area contributed by atoms with Crippen LogP contribution in [0.4, 0.5) is 0 Å². The zero-order valence-corrected chi connectivity index (χ0v) is 16.0. The van der Waals surface area contributed by atoms with Crippen molar-refractivity contribution in [3.63, 3.8) is 0 Å². The van der Waals surface area contributed by atoms with Crippen molar-refractivity contribution in [2.75, 3.05) is 0 Å². The Kier molecular flexibility index (Phi) is 5.78. The molecule has 4 nitrogen and oxygen atoms in total. The van der Waals surface area contributed by atoms with Crippen LogP contribution in [0.3, 0.4) is 0 Å². The number of hydrogen-bond donors (Lipinski definition) is 1. The summed E-state index contributed by atoms with van der Waals surface area (Å²) >= 11 is 1.73. The summed E-state index contributed by atoms with van der Waals surface area (Å²) in [5.41, 5.74) is 3.00. The first-order chi connectivity index (χ1) is 12.5. The maximum atomic E-state index is 12.2. The van der Waals surface area contributed by atoms with Crippen LogP contribution < -0.4 is 5.32 Å². The molecule has 1 amide bonds. The molecule has 0 aliphatic rings. The molecule has 134 valence electrons. The van der Waals surface area contributed by atoms with Gasteiger partial charge in [-0.25, -0.2) is 4.98 Å². The molecule has 1 N–H and O–H groups in total. The Bertz CT molecular complexity index is 883. The van der Waals surface area contributed by atoms with Crippen molar-refractivity contribution in [2.45, 2.75) is 43.5 Å². The molecule has 0 radical (unpaired) electrons. The van der Waals surface area contributed by atoms with Gasteiger partial charge < -0.3 is 9.73 Å². The van der Waals surface area contributed by atoms with Crippen LogP contribution in [0.1, 0.15) is 40.2 Å². The second-order valence-corrected chi connectivity index (χ2v) is 7.22. The smallest absolute Gasteiger partial charge is 0.289 e. The molecule has 0 spiro atoms. The maximum absolute atomic E-state index is 12.2. The Morgan fingerprint density at radius 3 is 2.08 bits per heavy atom. The molecule has 0 aliphatic carbocycles. The number of nitrogens with one attached hydrogen (secondary N) is 1. The molecule has 3 rings (SSSR count). The lowest BCUT2D eigenvalue weighted by molar-refractivity contribution is 0.0921. The van der Waals surface area contributed by atoms with Crippen LogP contribution in [-0.4, -0.2) is 10.9 Å². The summed E-state index contributed by atoms with van der Waals surface area (Å²) in [4.78, 5) is 18.7. The van der Waals surface area contributed by atoms with Crippen molar-refractivity contribution in [3.8, 4) is 0 Å². The second kappa shape index (κ2) is 8.23. The van der Waals surface area contributed by atoms with E-state index in [0.717, 1.165) is 12.0 Å². The van der Waals surface area contributed by atoms with Crippen LogP contribution in [0.25, 0.3) is 0 Å². The second-order valence-electron chi connectivity index (χ2n) is 6.07. The lowest BCUT2D eigenvalue weighted by Crippen LogP contribution is -2.23. The van der Waals surface area contributed by atoms with Gasteiger partial charge in [-0.15, -0.1) is 0 Å². The van der Waals surface area contributed by atoms with Crippen molar-refractivity contribution < 1.29 is 9.21 Å². The zero-order chi connectivity index (χ0) is 18.5. The van der Waals surface area contributed by atoms with Gasteiger partial charge in [-0.3, -0.25) is 4.79 Å². The summed E-state index contributed by atoms with van der Waals surface area (Å²) in [7, 11) is 0. The molecule has 5 heteroatoms. The van der Waals surface area contributed by atoms with Gasteiger partial charge in [0.25, 0.3) is 5.91 Å². The van der Waals surface area contributed by atoms with E-state index in [1.807, 2.05) is 12.1 Å². The number of nitrogens with zero attached hydrogens (tertiary/aromatic N) is 1. The van der Waals surface area contributed by atoms with Gasteiger partial charge in [0, 0.05) is 23.3 Å². The molecule has 1 heterocycles. The van der Waals surface area contributed by atoms with Gasteiger partial charge in [-0.05, 0) is 48.7 Å². The fourth-order valence-electron chi connectivity index (χ4n) is 2.61. The standard InChI is InChI=1S/C21H22N2O2S/c1-4-16-5-9-18(10-6-16)26-19-11-7-17(8-12-19)13-22-21(24)20-14(2)23-15(3)25-20/h5-12H,4,13H2,1-3H3,(H,22,24). The van der Waals surface area contributed by atoms with E-state index >= 15 is 0 Å². The molecule has 0 fully saturated rings. The number of carbonyl (C=O) groups is 1. The van der Waals surface area contributed by atoms with E-state index in [1.54, 1.807) is 25.6 Å². The monoisotopic (exact) mass is 366 g/mol. The zero-order valence-electron chi connectivity index (χ0n) is 15.2. The van der Waals surface area contributed by atoms with Crippen molar-refractivity contribution in [3.05, 3.63) is 77.0 Å². The number of rotatable bonds is 6. The van der Waals surface area contributed by atoms with Crippen molar-refractivity contribution in [1.82, 2.24) is 10.3 Å². The highest BCUT2D eigenvalue weighted by Gasteiger charge is 2.15. The van der Waals surface area contributed by atoms with Crippen molar-refractivity contribution in [1.29, 1.82) is 0 Å². The maximum Gasteiger partial charge on any atom is 0.289 e. The van der Waals surface area contributed by atoms with E-state index < -0.39 is 0 Å². The minimum absolute atomic E-state index is 0.238. The lowest BCUT2D eigenvalue weighted by atomic mass is 10.2. The average molecular weight is 366 g/mol. The third-order valence-electron chi connectivity index (χ3n) is 4.05. The van der Waals surface area contributed by atoms with Gasteiger partial charge in [0.1, 0.15) is 0 Å². The number of benzene rings is 2. The van der Waals surface area contributed by atoms with Crippen LogP contribution in [0.5, 0.6) is 0 Å². The Balaban J connectivity index is 1.57. The topological polar surface area (TPSA) is 55.1 Å². The SMILES string of the molecule is CCc1ccc(Sc2ccc(CNC(=O)c3oc(C)nc3C)cc2)cc1. The van der Waals surface area contributed by atoms with Gasteiger partial charge in [0.2, 0.25) is 5.76 Å². The minimum Gasteiger partial charge on any atom is -0.436 e. The highest BCUT2D eigenvalue weighted by molar-refractivity contribution is 7.99. The predicted molar refractivity (Wildman–Crippen MR) is 104 cm³/mol. The predicted octanol–water partition coefficient (Wildman–Crippen LogP) is 4.94. The van der Waals surface area contributed by atoms with E-state index in [2.05, 4.69) is 53.6 Å². The molecule has 2 aromatic carbocycles. The summed E-state index contributed by atoms with van der Waals surface area (Å²) in [6.45, 7) is 6.11. The summed E-state index contributed by atoms with van der Waals surface area (Å²) in [5.74, 6) is 0.545. The molecule has 0 atom stereocenters. The largest absolute Gasteiger partial charge is 0.436 e. The van der Waals surface area contributed by atoms with Crippen LogP contribution in [-0.2, 0) is 13.0 Å². The Labute approximate surface area is 158 Å². The molecular weight excluding hydrogens is 344 g/mol. The highest BCUT2D eigenvalue weighted by atomic mass is 32.2. The minimum atomic E-state index is -0.238. The molecule has 26 heavy (non-hydrogen) atoms. The Morgan fingerprint density at radius 2 is 1.58 bits per heavy atom. The number of carbonyl (C=O) groups excluding carboxylic acids is 1. The number of amides is 1. The summed E-state index contributed by atoms with van der Waals surface area (Å²) < 4.78 is 5.34. The normalized spacial score (nSPS) is 10.7. The van der Waals surface area contributed by atoms with Gasteiger partial charge in [-0.2, -0.15) is 0 Å². The van der Waals surface area contributed by atoms with E-state index in [4.69, 9.17) is 4.42 Å². The van der Waals surface area contributed by atoms with Crippen molar-refractivity contribution in [2.24, 2.45) is 0 Å². The quantitative estimate of drug-likeness (QED) is 0.672. The van der Waals surface area contributed by atoms with Gasteiger partial charge >= 0.3 is 0 Å². The molecule has 1 aromatic heterocycles. The molecule has 0 unspecified atom stereocenters. The first kappa shape index (κ1) is 18.3. The summed E-state index contributed by atoms with van der Waals surface area (Å²) in [6, 6.07) is 16.8. The fourth-order valence-corrected chi connectivity index (χ4v) is 3.43. The first-order valence-electron chi connectivity index (χ1n) is 8.63. The summed E-state index contributed by atoms with van der Waals surface area (Å²) in [5, 5.41) is 2.87. The van der Waals surface area contributed by atoms with E-state index in [9.17, 15) is 4.79 Å². The number of aromatic nitrogens is 1. The third-order valence-corrected chi connectivity index (χ3v) is 5.07. The van der Waals surface area contributed by atoms with Crippen molar-refractivity contribution >= 4 is 17.7 Å². The highest BCUT2D eigenvalue weighted by Crippen LogP contribution is 2.28. The van der Waals surface area contributed by atoms with Gasteiger partial charge in [0.15, 0.2) is 5.89 Å². The van der Waals surface area contributed by atoms with Crippen LogP contribution in [0, 0.1) is 13.8 Å². The molecule has 0 saturated heterocycles. The summed E-state index contributed by atoms with van der Waals surface area (Å²) in [6.07, 6.45) is 1.05. The molecule has 0 saturated carbocycles. The van der Waals surface area contributed by atoms with Gasteiger partial charge in [-0.1, -0.05) is 43.0 Å². The lowest BCUT2D eigenvalue weighted by Gasteiger charge is -2.06. The average Bonchev–Trinajstić information content (AvgIpc) is 3.00. The Hall–Kier alpha value is -2.53. The number of aryl methyl sites for hydroxylation is 3. The first-order valence-corrected chi connectivity index (χ1v) is 9.44. The molecule has 0 bridgehead atoms. The van der Waals surface area contributed by atoms with E-state index in [-0.39, 0.29) is 11.7 Å². The Morgan fingerprint density at radius 1 is 1.00 bits per heavy atom. The van der Waals surface area contributed by atoms with E-state index in [0.29, 0.717) is 18.1 Å². The van der Waals surface area contributed by atoms with Crippen LogP contribution >= 0.6 is 11.8 Å². The fraction of sp³-hybridized carbons (Fsp3) is 0.238. The van der Waals surface area contributed by atoms with E-state index in [1.165, 1.54) is 15.4 Å². The number of hydrogen-bond acceptors (Lipinski definition) is 4. The molecule has 0 aliphatic heterocycles. The van der Waals surface area contributed by atoms with Crippen LogP contribution in [0.15, 0.2) is 62.7 Å². The van der Waals surface area contributed by atoms with Crippen LogP contribution in [0.2, 0.25) is 0 Å². The van der Waals surface area contributed by atoms with Gasteiger partial charge in [0.05, 0.1) is 5.69 Å².